The van der Waals surface area contributed by atoms with E-state index in [4.69, 9.17) is 0 Å². The van der Waals surface area contributed by atoms with E-state index >= 15 is 0 Å². The van der Waals surface area contributed by atoms with Crippen LogP contribution in [0.5, 0.6) is 0 Å². The Morgan fingerprint density at radius 1 is 1.25 bits per heavy atom. The SMILES string of the molecule is Cc1ccccc1C(=O)[C@@H](C)N1CCCC1. The molecule has 1 fully saturated rings. The summed E-state index contributed by atoms with van der Waals surface area (Å²) in [7, 11) is 0. The minimum Gasteiger partial charge on any atom is -0.294 e. The van der Waals surface area contributed by atoms with Crippen molar-refractivity contribution in [2.75, 3.05) is 13.1 Å². The van der Waals surface area contributed by atoms with Gasteiger partial charge in [0.05, 0.1) is 6.04 Å². The molecule has 2 heteroatoms. The number of carbonyl (C=O) groups is 1. The van der Waals surface area contributed by atoms with Crippen LogP contribution < -0.4 is 0 Å². The zero-order valence-corrected chi connectivity index (χ0v) is 10.1. The molecule has 0 radical (unpaired) electrons. The van der Waals surface area contributed by atoms with Gasteiger partial charge in [-0.3, -0.25) is 9.69 Å². The Labute approximate surface area is 97.3 Å². The van der Waals surface area contributed by atoms with Crippen molar-refractivity contribution in [3.8, 4) is 0 Å². The standard InChI is InChI=1S/C14H19NO/c1-11-7-3-4-8-13(11)14(16)12(2)15-9-5-6-10-15/h3-4,7-8,12H,5-6,9-10H2,1-2H3/t12-/m1/s1. The molecule has 1 heterocycles. The number of carbonyl (C=O) groups excluding carboxylic acids is 1. The van der Waals surface area contributed by atoms with E-state index in [1.807, 2.05) is 38.1 Å². The molecule has 0 bridgehead atoms. The monoisotopic (exact) mass is 217 g/mol. The largest absolute Gasteiger partial charge is 0.294 e. The maximum atomic E-state index is 12.3. The van der Waals surface area contributed by atoms with Crippen molar-refractivity contribution in [3.63, 3.8) is 0 Å². The van der Waals surface area contributed by atoms with Gasteiger partial charge in [0.25, 0.3) is 0 Å². The Morgan fingerprint density at radius 2 is 1.88 bits per heavy atom. The highest BCUT2D eigenvalue weighted by molar-refractivity contribution is 6.01. The summed E-state index contributed by atoms with van der Waals surface area (Å²) in [6, 6.07) is 7.89. The van der Waals surface area contributed by atoms with Gasteiger partial charge in [0, 0.05) is 5.56 Å². The first-order valence-corrected chi connectivity index (χ1v) is 6.04. The maximum absolute atomic E-state index is 12.3. The van der Waals surface area contributed by atoms with Crippen LogP contribution in [0.1, 0.15) is 35.7 Å². The molecule has 0 saturated carbocycles. The fourth-order valence-corrected chi connectivity index (χ4v) is 2.37. The van der Waals surface area contributed by atoms with Crippen LogP contribution in [0, 0.1) is 6.92 Å². The molecule has 0 aliphatic carbocycles. The van der Waals surface area contributed by atoms with Crippen molar-refractivity contribution in [3.05, 3.63) is 35.4 Å². The summed E-state index contributed by atoms with van der Waals surface area (Å²) in [5, 5.41) is 0. The average Bonchev–Trinajstić information content (AvgIpc) is 2.81. The number of ketones is 1. The van der Waals surface area contributed by atoms with Gasteiger partial charge in [-0.25, -0.2) is 0 Å². The van der Waals surface area contributed by atoms with Crippen molar-refractivity contribution < 1.29 is 4.79 Å². The van der Waals surface area contributed by atoms with E-state index in [0.29, 0.717) is 0 Å². The minimum absolute atomic E-state index is 0.0311. The highest BCUT2D eigenvalue weighted by atomic mass is 16.1. The molecule has 0 N–H and O–H groups in total. The van der Waals surface area contributed by atoms with Crippen LogP contribution in [-0.2, 0) is 0 Å². The van der Waals surface area contributed by atoms with Gasteiger partial charge >= 0.3 is 0 Å². The molecule has 16 heavy (non-hydrogen) atoms. The van der Waals surface area contributed by atoms with Crippen LogP contribution in [-0.4, -0.2) is 29.8 Å². The van der Waals surface area contributed by atoms with E-state index in [1.54, 1.807) is 0 Å². The number of likely N-dealkylation sites (tertiary alicyclic amines) is 1. The Morgan fingerprint density at radius 3 is 2.50 bits per heavy atom. The molecule has 2 nitrogen and oxygen atoms in total. The van der Waals surface area contributed by atoms with Gasteiger partial charge in [-0.2, -0.15) is 0 Å². The fourth-order valence-electron chi connectivity index (χ4n) is 2.37. The van der Waals surface area contributed by atoms with Crippen molar-refractivity contribution >= 4 is 5.78 Å². The Balaban J connectivity index is 2.15. The van der Waals surface area contributed by atoms with Crippen LogP contribution in [0.4, 0.5) is 0 Å². The van der Waals surface area contributed by atoms with E-state index in [2.05, 4.69) is 4.90 Å². The predicted molar refractivity (Wildman–Crippen MR) is 65.8 cm³/mol. The van der Waals surface area contributed by atoms with E-state index in [-0.39, 0.29) is 11.8 Å². The molecule has 2 rings (SSSR count). The summed E-state index contributed by atoms with van der Waals surface area (Å²) >= 11 is 0. The summed E-state index contributed by atoms with van der Waals surface area (Å²) in [4.78, 5) is 14.6. The lowest BCUT2D eigenvalue weighted by Gasteiger charge is -2.22. The lowest BCUT2D eigenvalue weighted by Crippen LogP contribution is -2.37. The number of Topliss-reactive ketones (excluding diaryl/α,β-unsaturated/α-hetero) is 1. The van der Waals surface area contributed by atoms with Gasteiger partial charge in [0.15, 0.2) is 5.78 Å². The topological polar surface area (TPSA) is 20.3 Å². The second kappa shape index (κ2) is 4.79. The lowest BCUT2D eigenvalue weighted by atomic mass is 10.00. The first kappa shape index (κ1) is 11.3. The molecule has 1 aromatic rings. The van der Waals surface area contributed by atoms with Crippen molar-refractivity contribution in [1.82, 2.24) is 4.90 Å². The zero-order chi connectivity index (χ0) is 11.5. The van der Waals surface area contributed by atoms with Crippen LogP contribution >= 0.6 is 0 Å². The Kier molecular flexibility index (Phi) is 3.39. The van der Waals surface area contributed by atoms with E-state index in [9.17, 15) is 4.79 Å². The predicted octanol–water partition coefficient (Wildman–Crippen LogP) is 2.66. The summed E-state index contributed by atoms with van der Waals surface area (Å²) in [5.74, 6) is 0.264. The molecule has 1 atom stereocenters. The van der Waals surface area contributed by atoms with Crippen molar-refractivity contribution in [2.45, 2.75) is 32.7 Å². The summed E-state index contributed by atoms with van der Waals surface area (Å²) in [6.45, 7) is 6.17. The number of nitrogens with zero attached hydrogens (tertiary/aromatic N) is 1. The van der Waals surface area contributed by atoms with Crippen LogP contribution in [0.25, 0.3) is 0 Å². The molecule has 0 aromatic heterocycles. The molecule has 1 aromatic carbocycles. The van der Waals surface area contributed by atoms with E-state index in [1.165, 1.54) is 12.8 Å². The number of rotatable bonds is 3. The normalized spacial score (nSPS) is 18.6. The average molecular weight is 217 g/mol. The maximum Gasteiger partial charge on any atom is 0.179 e. The van der Waals surface area contributed by atoms with Crippen molar-refractivity contribution in [2.24, 2.45) is 0 Å². The highest BCUT2D eigenvalue weighted by Crippen LogP contribution is 2.17. The number of aryl methyl sites for hydroxylation is 1. The smallest absolute Gasteiger partial charge is 0.179 e. The molecule has 1 aliphatic heterocycles. The molecule has 1 saturated heterocycles. The van der Waals surface area contributed by atoms with E-state index < -0.39 is 0 Å². The number of hydrogen-bond donors (Lipinski definition) is 0. The fraction of sp³-hybridized carbons (Fsp3) is 0.500. The molecule has 0 amide bonds. The third kappa shape index (κ3) is 2.17. The van der Waals surface area contributed by atoms with Crippen LogP contribution in [0.3, 0.4) is 0 Å². The Bertz CT molecular complexity index is 380. The van der Waals surface area contributed by atoms with Crippen LogP contribution in [0.15, 0.2) is 24.3 Å². The van der Waals surface area contributed by atoms with E-state index in [0.717, 1.165) is 24.2 Å². The first-order valence-electron chi connectivity index (χ1n) is 6.04. The highest BCUT2D eigenvalue weighted by Gasteiger charge is 2.25. The second-order valence-corrected chi connectivity index (χ2v) is 4.60. The summed E-state index contributed by atoms with van der Waals surface area (Å²) in [5.41, 5.74) is 1.96. The molecule has 0 spiro atoms. The van der Waals surface area contributed by atoms with Gasteiger partial charge in [0.1, 0.15) is 0 Å². The minimum atomic E-state index is 0.0311. The van der Waals surface area contributed by atoms with Crippen molar-refractivity contribution in [1.29, 1.82) is 0 Å². The molecule has 1 aliphatic rings. The van der Waals surface area contributed by atoms with Gasteiger partial charge in [-0.15, -0.1) is 0 Å². The zero-order valence-electron chi connectivity index (χ0n) is 10.1. The Hall–Kier alpha value is -1.15. The summed E-state index contributed by atoms with van der Waals surface area (Å²) < 4.78 is 0. The third-order valence-electron chi connectivity index (χ3n) is 3.48. The van der Waals surface area contributed by atoms with Crippen LogP contribution in [0.2, 0.25) is 0 Å². The van der Waals surface area contributed by atoms with Gasteiger partial charge in [0.2, 0.25) is 0 Å². The molecule has 0 unspecified atom stereocenters. The lowest BCUT2D eigenvalue weighted by molar-refractivity contribution is 0.0866. The second-order valence-electron chi connectivity index (χ2n) is 4.60. The summed E-state index contributed by atoms with van der Waals surface area (Å²) in [6.07, 6.45) is 2.46. The number of benzene rings is 1. The molecular weight excluding hydrogens is 198 g/mol. The third-order valence-corrected chi connectivity index (χ3v) is 3.48. The molecular formula is C14H19NO. The number of hydrogen-bond acceptors (Lipinski definition) is 2. The van der Waals surface area contributed by atoms with Gasteiger partial charge < -0.3 is 0 Å². The van der Waals surface area contributed by atoms with Gasteiger partial charge in [-0.1, -0.05) is 24.3 Å². The molecule has 86 valence electrons. The first-order chi connectivity index (χ1) is 7.70. The van der Waals surface area contributed by atoms with Gasteiger partial charge in [-0.05, 0) is 45.3 Å². The quantitative estimate of drug-likeness (QED) is 0.725.